The number of aryl methyl sites for hydroxylation is 1. The Kier molecular flexibility index (Phi) is 5.07. The van der Waals surface area contributed by atoms with Gasteiger partial charge >= 0.3 is 6.18 Å². The molecule has 1 fully saturated rings. The Labute approximate surface area is 191 Å². The molecule has 1 unspecified atom stereocenters. The predicted octanol–water partition coefficient (Wildman–Crippen LogP) is 3.26. The predicted molar refractivity (Wildman–Crippen MR) is 116 cm³/mol. The van der Waals surface area contributed by atoms with Crippen LogP contribution in [0.1, 0.15) is 45.5 Å². The summed E-state index contributed by atoms with van der Waals surface area (Å²) in [5.41, 5.74) is 2.20. The van der Waals surface area contributed by atoms with Crippen LogP contribution in [-0.2, 0) is 28.9 Å². The van der Waals surface area contributed by atoms with Crippen LogP contribution in [0.3, 0.4) is 0 Å². The van der Waals surface area contributed by atoms with Crippen molar-refractivity contribution in [3.05, 3.63) is 58.1 Å². The van der Waals surface area contributed by atoms with Gasteiger partial charge < -0.3 is 15.2 Å². The number of carbonyl (C=O) groups excluding carboxylic acids is 3. The second kappa shape index (κ2) is 7.86. The molecule has 1 saturated heterocycles. The molecule has 2 aromatic carbocycles. The van der Waals surface area contributed by atoms with Crippen molar-refractivity contribution >= 4 is 34.7 Å². The van der Waals surface area contributed by atoms with Gasteiger partial charge in [0, 0.05) is 25.1 Å². The number of imide groups is 1. The summed E-state index contributed by atoms with van der Waals surface area (Å²) >= 11 is 0. The molecule has 0 saturated carbocycles. The van der Waals surface area contributed by atoms with Gasteiger partial charge in [-0.25, -0.2) is 4.98 Å². The third kappa shape index (κ3) is 3.87. The molecular formula is C23H20F3N5O3. The van der Waals surface area contributed by atoms with E-state index in [1.165, 1.54) is 17.9 Å². The number of carbonyl (C=O) groups is 3. The Morgan fingerprint density at radius 1 is 1.18 bits per heavy atom. The van der Waals surface area contributed by atoms with Crippen LogP contribution in [0.15, 0.2) is 30.3 Å². The summed E-state index contributed by atoms with van der Waals surface area (Å²) in [4.78, 5) is 45.0. The normalized spacial score (nSPS) is 18.4. The van der Waals surface area contributed by atoms with Gasteiger partial charge in [-0.2, -0.15) is 13.2 Å². The Morgan fingerprint density at radius 3 is 2.71 bits per heavy atom. The van der Waals surface area contributed by atoms with E-state index < -0.39 is 23.7 Å². The molecule has 11 heteroatoms. The smallest absolute Gasteiger partial charge is 0.352 e. The number of H-pyrrole nitrogens is 1. The molecule has 5 rings (SSSR count). The van der Waals surface area contributed by atoms with Gasteiger partial charge in [0.1, 0.15) is 6.04 Å². The van der Waals surface area contributed by atoms with E-state index >= 15 is 0 Å². The van der Waals surface area contributed by atoms with E-state index in [4.69, 9.17) is 0 Å². The zero-order chi connectivity index (χ0) is 24.2. The lowest BCUT2D eigenvalue weighted by Crippen LogP contribution is -2.52. The Bertz CT molecular complexity index is 1350. The zero-order valence-electron chi connectivity index (χ0n) is 18.0. The molecule has 3 heterocycles. The molecule has 0 spiro atoms. The maximum absolute atomic E-state index is 13.2. The molecule has 3 N–H and O–H groups in total. The quantitative estimate of drug-likeness (QED) is 0.507. The molecule has 8 nitrogen and oxygen atoms in total. The highest BCUT2D eigenvalue weighted by atomic mass is 19.4. The van der Waals surface area contributed by atoms with Crippen LogP contribution < -0.4 is 10.6 Å². The first-order valence-electron chi connectivity index (χ1n) is 10.7. The molecule has 0 radical (unpaired) electrons. The lowest BCUT2D eigenvalue weighted by atomic mass is 10.0. The van der Waals surface area contributed by atoms with Gasteiger partial charge in [-0.1, -0.05) is 12.1 Å². The fourth-order valence-corrected chi connectivity index (χ4v) is 4.48. The zero-order valence-corrected chi connectivity index (χ0v) is 18.0. The van der Waals surface area contributed by atoms with Crippen LogP contribution in [0.25, 0.3) is 11.0 Å². The number of hydrogen-bond acceptors (Lipinski definition) is 5. The van der Waals surface area contributed by atoms with E-state index in [9.17, 15) is 27.6 Å². The highest BCUT2D eigenvalue weighted by Gasteiger charge is 2.39. The van der Waals surface area contributed by atoms with Crippen molar-refractivity contribution in [3.8, 4) is 0 Å². The van der Waals surface area contributed by atoms with Crippen molar-refractivity contribution in [2.75, 3.05) is 5.32 Å². The first kappa shape index (κ1) is 21.9. The number of aromatic nitrogens is 2. The lowest BCUT2D eigenvalue weighted by Gasteiger charge is -2.29. The van der Waals surface area contributed by atoms with E-state index in [0.29, 0.717) is 30.0 Å². The molecule has 1 atom stereocenters. The van der Waals surface area contributed by atoms with Crippen LogP contribution in [0, 0.1) is 6.92 Å². The lowest BCUT2D eigenvalue weighted by molar-refractivity contribution is -0.138. The molecule has 3 aromatic rings. The molecule has 176 valence electrons. The van der Waals surface area contributed by atoms with Crippen molar-refractivity contribution in [2.45, 2.75) is 45.1 Å². The average Bonchev–Trinajstić information content (AvgIpc) is 3.31. The molecular weight excluding hydrogens is 451 g/mol. The standard InChI is InChI=1S/C23H20F3N5O3/c1-11-6-16-17(8-15(11)23(24,25)26)29-22(28-16)27-9-12-2-3-14-13(7-12)10-31(21(14)34)18-4-5-19(32)30-20(18)33/h2-3,6-8,18H,4-5,9-10H2,1H3,(H2,27,28,29)(H,30,32,33). The number of fused-ring (bicyclic) bond motifs is 2. The maximum Gasteiger partial charge on any atom is 0.416 e. The summed E-state index contributed by atoms with van der Waals surface area (Å²) in [6.45, 7) is 1.99. The first-order valence-corrected chi connectivity index (χ1v) is 10.7. The first-order chi connectivity index (χ1) is 16.1. The molecule has 0 aliphatic carbocycles. The van der Waals surface area contributed by atoms with Crippen LogP contribution >= 0.6 is 0 Å². The minimum atomic E-state index is -4.45. The van der Waals surface area contributed by atoms with Crippen molar-refractivity contribution in [2.24, 2.45) is 0 Å². The van der Waals surface area contributed by atoms with Crippen LogP contribution in [0.2, 0.25) is 0 Å². The van der Waals surface area contributed by atoms with E-state index in [1.54, 1.807) is 12.1 Å². The molecule has 34 heavy (non-hydrogen) atoms. The Hall–Kier alpha value is -3.89. The second-order valence-corrected chi connectivity index (χ2v) is 8.51. The summed E-state index contributed by atoms with van der Waals surface area (Å²) in [5.74, 6) is -0.727. The van der Waals surface area contributed by atoms with Gasteiger partial charge in [-0.3, -0.25) is 19.7 Å². The van der Waals surface area contributed by atoms with Gasteiger partial charge in [0.05, 0.1) is 16.6 Å². The number of piperidine rings is 1. The van der Waals surface area contributed by atoms with Gasteiger partial charge in [-0.15, -0.1) is 0 Å². The van der Waals surface area contributed by atoms with Crippen molar-refractivity contribution in [1.29, 1.82) is 0 Å². The largest absolute Gasteiger partial charge is 0.416 e. The van der Waals surface area contributed by atoms with Crippen molar-refractivity contribution < 1.29 is 27.6 Å². The SMILES string of the molecule is Cc1cc2[nH]c(NCc3ccc4c(c3)CN(C3CCC(=O)NC3=O)C4=O)nc2cc1C(F)(F)F. The summed E-state index contributed by atoms with van der Waals surface area (Å²) in [6, 6.07) is 7.07. The Balaban J connectivity index is 1.30. The van der Waals surface area contributed by atoms with Crippen molar-refractivity contribution in [1.82, 2.24) is 20.2 Å². The third-order valence-electron chi connectivity index (χ3n) is 6.18. The summed E-state index contributed by atoms with van der Waals surface area (Å²) in [6.07, 6.45) is -3.97. The molecule has 2 aliphatic heterocycles. The number of benzene rings is 2. The van der Waals surface area contributed by atoms with Crippen LogP contribution in [-0.4, -0.2) is 38.6 Å². The van der Waals surface area contributed by atoms with Crippen LogP contribution in [0.4, 0.5) is 19.1 Å². The minimum Gasteiger partial charge on any atom is -0.352 e. The minimum absolute atomic E-state index is 0.110. The van der Waals surface area contributed by atoms with E-state index in [0.717, 1.165) is 17.2 Å². The maximum atomic E-state index is 13.2. The van der Waals surface area contributed by atoms with E-state index in [-0.39, 0.29) is 35.9 Å². The summed E-state index contributed by atoms with van der Waals surface area (Å²) in [7, 11) is 0. The molecule has 1 aromatic heterocycles. The number of imidazole rings is 1. The van der Waals surface area contributed by atoms with Gasteiger partial charge in [0.15, 0.2) is 0 Å². The number of aromatic amines is 1. The number of alkyl halides is 3. The number of rotatable bonds is 4. The number of halogens is 3. The molecule has 0 bridgehead atoms. The highest BCUT2D eigenvalue weighted by Crippen LogP contribution is 2.34. The van der Waals surface area contributed by atoms with Crippen LogP contribution in [0.5, 0.6) is 0 Å². The molecule has 3 amide bonds. The number of anilines is 1. The Morgan fingerprint density at radius 2 is 1.97 bits per heavy atom. The average molecular weight is 471 g/mol. The van der Waals surface area contributed by atoms with Gasteiger partial charge in [0.25, 0.3) is 5.91 Å². The summed E-state index contributed by atoms with van der Waals surface area (Å²) < 4.78 is 39.5. The highest BCUT2D eigenvalue weighted by molar-refractivity contribution is 6.05. The van der Waals surface area contributed by atoms with E-state index in [2.05, 4.69) is 20.6 Å². The van der Waals surface area contributed by atoms with E-state index in [1.807, 2.05) is 6.07 Å². The number of amides is 3. The number of hydrogen-bond donors (Lipinski definition) is 3. The van der Waals surface area contributed by atoms with Gasteiger partial charge in [0.2, 0.25) is 17.8 Å². The van der Waals surface area contributed by atoms with Crippen molar-refractivity contribution in [3.63, 3.8) is 0 Å². The topological polar surface area (TPSA) is 107 Å². The summed E-state index contributed by atoms with van der Waals surface area (Å²) in [5, 5.41) is 5.34. The molecule has 2 aliphatic rings. The fraction of sp³-hybridized carbons (Fsp3) is 0.304. The number of nitrogens with one attached hydrogen (secondary N) is 3. The number of nitrogens with zero attached hydrogens (tertiary/aromatic N) is 2. The fourth-order valence-electron chi connectivity index (χ4n) is 4.48. The third-order valence-corrected chi connectivity index (χ3v) is 6.18. The second-order valence-electron chi connectivity index (χ2n) is 8.51. The van der Waals surface area contributed by atoms with Gasteiger partial charge in [-0.05, 0) is 48.2 Å². The monoisotopic (exact) mass is 471 g/mol.